The van der Waals surface area contributed by atoms with Crippen LogP contribution in [-0.4, -0.2) is 18.3 Å². The van der Waals surface area contributed by atoms with E-state index in [0.29, 0.717) is 24.6 Å². The second kappa shape index (κ2) is 11.4. The fraction of sp³-hybridized carbons (Fsp3) is 0.174. The van der Waals surface area contributed by atoms with Gasteiger partial charge in [0.1, 0.15) is 24.0 Å². The fourth-order valence-corrected chi connectivity index (χ4v) is 5.03. The molecule has 0 saturated carbocycles. The smallest absolute Gasteiger partial charge is 0.164 e. The summed E-state index contributed by atoms with van der Waals surface area (Å²) in [4.78, 5) is 4.39. The van der Waals surface area contributed by atoms with Crippen molar-refractivity contribution in [3.8, 4) is 11.8 Å². The molecule has 6 nitrogen and oxygen atoms in total. The Morgan fingerprint density at radius 2 is 1.84 bits per heavy atom. The molecule has 0 aliphatic rings. The van der Waals surface area contributed by atoms with Gasteiger partial charge in [0.15, 0.2) is 5.82 Å². The van der Waals surface area contributed by atoms with Crippen LogP contribution in [-0.2, 0) is 18.0 Å². The first-order valence-electron chi connectivity index (χ1n) is 9.36. The van der Waals surface area contributed by atoms with E-state index in [4.69, 9.17) is 9.47 Å². The van der Waals surface area contributed by atoms with Crippen LogP contribution >= 0.6 is 45.2 Å². The Labute approximate surface area is 209 Å². The van der Waals surface area contributed by atoms with Gasteiger partial charge in [-0.3, -0.25) is 5.43 Å². The summed E-state index contributed by atoms with van der Waals surface area (Å²) in [6.07, 6.45) is 1.70. The first kappa shape index (κ1) is 23.4. The number of aryl methyl sites for hydroxylation is 1. The molecule has 0 saturated heterocycles. The van der Waals surface area contributed by atoms with Crippen molar-refractivity contribution in [3.05, 3.63) is 83.6 Å². The SMILES string of the molecule is COCc1cc(C)nc(NN=Cc2cc(I)c(OCc3ccccc3)c(I)c2)c1C#N. The standard InChI is InChI=1S/C23H20I2N4O2/c1-15-8-18(14-30-2)19(11-26)23(28-15)29-27-12-17-9-20(24)22(21(25)10-17)31-13-16-6-4-3-5-7-16/h3-10,12H,13-14H2,1-2H3,(H,28,29). The third kappa shape index (κ3) is 6.38. The number of nitrogens with zero attached hydrogens (tertiary/aromatic N) is 3. The first-order valence-corrected chi connectivity index (χ1v) is 11.5. The maximum absolute atomic E-state index is 9.52. The van der Waals surface area contributed by atoms with E-state index < -0.39 is 0 Å². The van der Waals surface area contributed by atoms with Crippen LogP contribution in [0.4, 0.5) is 5.82 Å². The second-order valence-corrected chi connectivity index (χ2v) is 8.97. The summed E-state index contributed by atoms with van der Waals surface area (Å²) in [6.45, 7) is 2.72. The number of benzene rings is 2. The molecule has 1 aromatic heterocycles. The highest BCUT2D eigenvalue weighted by Gasteiger charge is 2.11. The van der Waals surface area contributed by atoms with Crippen molar-refractivity contribution in [1.29, 1.82) is 5.26 Å². The Morgan fingerprint density at radius 3 is 2.48 bits per heavy atom. The third-order valence-corrected chi connectivity index (χ3v) is 5.87. The molecular formula is C23H20I2N4O2. The molecule has 2 aromatic carbocycles. The lowest BCUT2D eigenvalue weighted by Gasteiger charge is -2.11. The molecule has 0 aliphatic heterocycles. The number of methoxy groups -OCH3 is 1. The summed E-state index contributed by atoms with van der Waals surface area (Å²) in [5.41, 5.74) is 6.92. The molecule has 0 fully saturated rings. The zero-order valence-corrected chi connectivity index (χ0v) is 21.3. The molecule has 0 bridgehead atoms. The van der Waals surface area contributed by atoms with Crippen molar-refractivity contribution in [2.24, 2.45) is 5.10 Å². The monoisotopic (exact) mass is 638 g/mol. The van der Waals surface area contributed by atoms with Gasteiger partial charge in [0.25, 0.3) is 0 Å². The Balaban J connectivity index is 1.74. The van der Waals surface area contributed by atoms with Crippen LogP contribution in [0.2, 0.25) is 0 Å². The third-order valence-electron chi connectivity index (χ3n) is 4.27. The molecule has 0 unspecified atom stereocenters. The highest BCUT2D eigenvalue weighted by molar-refractivity contribution is 14.1. The number of hydrogen-bond acceptors (Lipinski definition) is 6. The molecule has 3 rings (SSSR count). The largest absolute Gasteiger partial charge is 0.487 e. The van der Waals surface area contributed by atoms with E-state index in [2.05, 4.69) is 66.8 Å². The van der Waals surface area contributed by atoms with E-state index in [1.807, 2.05) is 55.5 Å². The minimum absolute atomic E-state index is 0.339. The van der Waals surface area contributed by atoms with Gasteiger partial charge in [-0.15, -0.1) is 0 Å². The topological polar surface area (TPSA) is 79.5 Å². The Kier molecular flexibility index (Phi) is 8.62. The van der Waals surface area contributed by atoms with Crippen LogP contribution in [0.25, 0.3) is 0 Å². The van der Waals surface area contributed by atoms with Gasteiger partial charge in [-0.05, 0) is 81.4 Å². The highest BCUT2D eigenvalue weighted by atomic mass is 127. The van der Waals surface area contributed by atoms with E-state index in [0.717, 1.165) is 35.3 Å². The predicted octanol–water partition coefficient (Wildman–Crippen LogP) is 5.64. The Morgan fingerprint density at radius 1 is 1.13 bits per heavy atom. The number of hydrazone groups is 1. The average Bonchev–Trinajstić information content (AvgIpc) is 2.74. The zero-order valence-electron chi connectivity index (χ0n) is 17.0. The summed E-state index contributed by atoms with van der Waals surface area (Å²) in [5, 5.41) is 13.8. The number of halogens is 2. The van der Waals surface area contributed by atoms with Crippen molar-refractivity contribution in [3.63, 3.8) is 0 Å². The van der Waals surface area contributed by atoms with Crippen LogP contribution in [0.15, 0.2) is 53.6 Å². The van der Waals surface area contributed by atoms with Gasteiger partial charge in [0.2, 0.25) is 0 Å². The highest BCUT2D eigenvalue weighted by Crippen LogP contribution is 2.29. The average molecular weight is 638 g/mol. The molecule has 1 heterocycles. The van der Waals surface area contributed by atoms with Crippen LogP contribution < -0.4 is 10.2 Å². The van der Waals surface area contributed by atoms with Gasteiger partial charge in [0, 0.05) is 18.4 Å². The molecule has 0 aliphatic carbocycles. The number of nitriles is 1. The molecule has 1 N–H and O–H groups in total. The van der Waals surface area contributed by atoms with Crippen molar-refractivity contribution in [1.82, 2.24) is 4.98 Å². The molecule has 0 atom stereocenters. The number of rotatable bonds is 8. The minimum Gasteiger partial charge on any atom is -0.487 e. The normalized spacial score (nSPS) is 10.8. The molecule has 0 spiro atoms. The lowest BCUT2D eigenvalue weighted by molar-refractivity contribution is 0.184. The van der Waals surface area contributed by atoms with Gasteiger partial charge >= 0.3 is 0 Å². The van der Waals surface area contributed by atoms with Crippen LogP contribution in [0, 0.1) is 25.4 Å². The number of ether oxygens (including phenoxy) is 2. The molecule has 31 heavy (non-hydrogen) atoms. The summed E-state index contributed by atoms with van der Waals surface area (Å²) >= 11 is 4.53. The summed E-state index contributed by atoms with van der Waals surface area (Å²) in [5.74, 6) is 1.27. The summed E-state index contributed by atoms with van der Waals surface area (Å²) < 4.78 is 13.2. The summed E-state index contributed by atoms with van der Waals surface area (Å²) in [7, 11) is 1.60. The quantitative estimate of drug-likeness (QED) is 0.196. The van der Waals surface area contributed by atoms with Crippen LogP contribution in [0.3, 0.4) is 0 Å². The maximum atomic E-state index is 9.52. The molecule has 0 radical (unpaired) electrons. The van der Waals surface area contributed by atoms with E-state index in [-0.39, 0.29) is 0 Å². The molecular weight excluding hydrogens is 618 g/mol. The Bertz CT molecular complexity index is 1110. The first-order chi connectivity index (χ1) is 15.0. The number of pyridine rings is 1. The lowest BCUT2D eigenvalue weighted by atomic mass is 10.1. The maximum Gasteiger partial charge on any atom is 0.164 e. The Hall–Kier alpha value is -2.23. The predicted molar refractivity (Wildman–Crippen MR) is 138 cm³/mol. The number of nitrogens with one attached hydrogen (secondary N) is 1. The summed E-state index contributed by atoms with van der Waals surface area (Å²) in [6, 6.07) is 18.1. The lowest BCUT2D eigenvalue weighted by Crippen LogP contribution is -2.04. The number of aromatic nitrogens is 1. The van der Waals surface area contributed by atoms with Gasteiger partial charge in [-0.1, -0.05) is 30.3 Å². The van der Waals surface area contributed by atoms with Crippen molar-refractivity contribution >= 4 is 57.2 Å². The number of anilines is 1. The van der Waals surface area contributed by atoms with E-state index in [1.54, 1.807) is 13.3 Å². The van der Waals surface area contributed by atoms with Crippen molar-refractivity contribution in [2.75, 3.05) is 12.5 Å². The minimum atomic E-state index is 0.339. The van der Waals surface area contributed by atoms with Gasteiger partial charge < -0.3 is 9.47 Å². The molecule has 3 aromatic rings. The van der Waals surface area contributed by atoms with E-state index in [9.17, 15) is 5.26 Å². The molecule has 158 valence electrons. The molecule has 0 amide bonds. The van der Waals surface area contributed by atoms with Crippen LogP contribution in [0.5, 0.6) is 5.75 Å². The second-order valence-electron chi connectivity index (χ2n) is 6.65. The van der Waals surface area contributed by atoms with E-state index >= 15 is 0 Å². The number of hydrogen-bond donors (Lipinski definition) is 1. The zero-order chi connectivity index (χ0) is 22.2. The van der Waals surface area contributed by atoms with Crippen molar-refractivity contribution < 1.29 is 9.47 Å². The van der Waals surface area contributed by atoms with Crippen LogP contribution in [0.1, 0.15) is 27.9 Å². The van der Waals surface area contributed by atoms with Crippen molar-refractivity contribution in [2.45, 2.75) is 20.1 Å². The van der Waals surface area contributed by atoms with Gasteiger partial charge in [0.05, 0.1) is 20.0 Å². The molecule has 8 heteroatoms. The van der Waals surface area contributed by atoms with Gasteiger partial charge in [-0.2, -0.15) is 10.4 Å². The fourth-order valence-electron chi connectivity index (χ4n) is 2.91. The van der Waals surface area contributed by atoms with Gasteiger partial charge in [-0.25, -0.2) is 4.98 Å². The van der Waals surface area contributed by atoms with E-state index in [1.165, 1.54) is 0 Å².